The lowest BCUT2D eigenvalue weighted by molar-refractivity contribution is 0.628. The first-order chi connectivity index (χ1) is 11.7. The van der Waals surface area contributed by atoms with Crippen LogP contribution in [0.2, 0.25) is 0 Å². The number of hydrogen-bond acceptors (Lipinski definition) is 2. The van der Waals surface area contributed by atoms with Crippen molar-refractivity contribution in [1.29, 1.82) is 0 Å². The van der Waals surface area contributed by atoms with Crippen molar-refractivity contribution in [1.82, 2.24) is 15.2 Å². The van der Waals surface area contributed by atoms with Crippen LogP contribution in [0.5, 0.6) is 0 Å². The van der Waals surface area contributed by atoms with Crippen molar-refractivity contribution in [3.8, 4) is 11.3 Å². The summed E-state index contributed by atoms with van der Waals surface area (Å²) in [5.41, 5.74) is 5.24. The van der Waals surface area contributed by atoms with E-state index in [2.05, 4.69) is 21.8 Å². The van der Waals surface area contributed by atoms with Crippen molar-refractivity contribution >= 4 is 16.5 Å². The van der Waals surface area contributed by atoms with Crippen LogP contribution in [-0.4, -0.2) is 15.2 Å². The van der Waals surface area contributed by atoms with Gasteiger partial charge in [0, 0.05) is 22.7 Å². The third-order valence-electron chi connectivity index (χ3n) is 4.00. The van der Waals surface area contributed by atoms with Crippen molar-refractivity contribution in [2.75, 3.05) is 0 Å². The third-order valence-corrected chi connectivity index (χ3v) is 4.00. The summed E-state index contributed by atoms with van der Waals surface area (Å²) in [4.78, 5) is 4.35. The average Bonchev–Trinajstić information content (AvgIpc) is 3.05. The first kappa shape index (κ1) is 14.3. The first-order valence-electron chi connectivity index (χ1n) is 7.57. The number of rotatable bonds is 3. The van der Waals surface area contributed by atoms with Crippen LogP contribution in [0.3, 0.4) is 0 Å². The molecule has 0 aliphatic carbocycles. The van der Waals surface area contributed by atoms with Crippen LogP contribution >= 0.6 is 0 Å². The van der Waals surface area contributed by atoms with Crippen molar-refractivity contribution in [3.63, 3.8) is 0 Å². The summed E-state index contributed by atoms with van der Waals surface area (Å²) in [7, 11) is 0. The SMILES string of the molecule is C=C(c1ccc2[nH]nc(-c3ccc(F)cc3)c2c1)c1ccccn1. The van der Waals surface area contributed by atoms with Gasteiger partial charge in [-0.05, 0) is 54.1 Å². The molecule has 116 valence electrons. The quantitative estimate of drug-likeness (QED) is 0.588. The molecule has 0 radical (unpaired) electrons. The van der Waals surface area contributed by atoms with Crippen LogP contribution in [0.15, 0.2) is 73.4 Å². The molecule has 0 spiro atoms. The molecule has 2 aromatic heterocycles. The predicted octanol–water partition coefficient (Wildman–Crippen LogP) is 4.83. The Morgan fingerprint density at radius 3 is 2.58 bits per heavy atom. The van der Waals surface area contributed by atoms with Gasteiger partial charge in [-0.3, -0.25) is 10.1 Å². The highest BCUT2D eigenvalue weighted by Gasteiger charge is 2.11. The zero-order valence-corrected chi connectivity index (χ0v) is 12.8. The zero-order chi connectivity index (χ0) is 16.5. The minimum absolute atomic E-state index is 0.261. The van der Waals surface area contributed by atoms with Crippen LogP contribution in [0.25, 0.3) is 27.7 Å². The second-order valence-electron chi connectivity index (χ2n) is 5.53. The molecule has 4 heteroatoms. The molecule has 0 fully saturated rings. The van der Waals surface area contributed by atoms with E-state index in [1.54, 1.807) is 18.3 Å². The summed E-state index contributed by atoms with van der Waals surface area (Å²) in [5, 5.41) is 8.36. The highest BCUT2D eigenvalue weighted by molar-refractivity contribution is 5.95. The van der Waals surface area contributed by atoms with E-state index in [1.807, 2.05) is 36.4 Å². The van der Waals surface area contributed by atoms with E-state index in [0.717, 1.165) is 39.0 Å². The lowest BCUT2D eigenvalue weighted by Gasteiger charge is -2.06. The van der Waals surface area contributed by atoms with Crippen LogP contribution in [0.4, 0.5) is 4.39 Å². The molecular weight excluding hydrogens is 301 g/mol. The van der Waals surface area contributed by atoms with E-state index in [1.165, 1.54) is 12.1 Å². The van der Waals surface area contributed by atoms with Gasteiger partial charge in [-0.2, -0.15) is 5.10 Å². The van der Waals surface area contributed by atoms with Gasteiger partial charge in [0.15, 0.2) is 0 Å². The lowest BCUT2D eigenvalue weighted by Crippen LogP contribution is -1.89. The third kappa shape index (κ3) is 2.48. The number of fused-ring (bicyclic) bond motifs is 1. The summed E-state index contributed by atoms with van der Waals surface area (Å²) in [6, 6.07) is 18.1. The van der Waals surface area contributed by atoms with Crippen molar-refractivity contribution in [3.05, 3.63) is 90.5 Å². The Bertz CT molecular complexity index is 1020. The summed E-state index contributed by atoms with van der Waals surface area (Å²) in [6.07, 6.45) is 1.75. The highest BCUT2D eigenvalue weighted by atomic mass is 19.1. The second kappa shape index (κ2) is 5.74. The molecule has 2 heterocycles. The molecule has 0 atom stereocenters. The van der Waals surface area contributed by atoms with Crippen LogP contribution in [0, 0.1) is 5.82 Å². The van der Waals surface area contributed by atoms with Crippen LogP contribution < -0.4 is 0 Å². The summed E-state index contributed by atoms with van der Waals surface area (Å²) in [6.45, 7) is 4.16. The van der Waals surface area contributed by atoms with E-state index in [4.69, 9.17) is 0 Å². The zero-order valence-electron chi connectivity index (χ0n) is 12.8. The Morgan fingerprint density at radius 1 is 1.00 bits per heavy atom. The maximum Gasteiger partial charge on any atom is 0.123 e. The number of pyridine rings is 1. The Hall–Kier alpha value is -3.27. The number of halogens is 1. The molecule has 0 saturated carbocycles. The van der Waals surface area contributed by atoms with Gasteiger partial charge in [0.05, 0.1) is 16.9 Å². The number of hydrogen-bond donors (Lipinski definition) is 1. The van der Waals surface area contributed by atoms with Gasteiger partial charge in [-0.25, -0.2) is 4.39 Å². The molecular formula is C20H14FN3. The minimum atomic E-state index is -0.261. The molecule has 4 aromatic rings. The van der Waals surface area contributed by atoms with Crippen LogP contribution in [-0.2, 0) is 0 Å². The van der Waals surface area contributed by atoms with Crippen molar-refractivity contribution in [2.45, 2.75) is 0 Å². The molecule has 0 bridgehead atoms. The fraction of sp³-hybridized carbons (Fsp3) is 0. The molecule has 0 aliphatic rings. The highest BCUT2D eigenvalue weighted by Crippen LogP contribution is 2.30. The molecule has 0 saturated heterocycles. The fourth-order valence-corrected chi connectivity index (χ4v) is 2.72. The first-order valence-corrected chi connectivity index (χ1v) is 7.57. The number of nitrogens with one attached hydrogen (secondary N) is 1. The summed E-state index contributed by atoms with van der Waals surface area (Å²) >= 11 is 0. The number of benzene rings is 2. The molecule has 0 aliphatic heterocycles. The molecule has 24 heavy (non-hydrogen) atoms. The normalized spacial score (nSPS) is 10.9. The van der Waals surface area contributed by atoms with Gasteiger partial charge < -0.3 is 0 Å². The van der Waals surface area contributed by atoms with Gasteiger partial charge in [0.1, 0.15) is 5.82 Å². The Labute approximate surface area is 138 Å². The van der Waals surface area contributed by atoms with E-state index >= 15 is 0 Å². The molecule has 0 amide bonds. The standard InChI is InChI=1S/C20H14FN3/c1-13(18-4-2-3-11-22-18)15-7-10-19-17(12-15)20(24-23-19)14-5-8-16(21)9-6-14/h2-12H,1H2,(H,23,24). The van der Waals surface area contributed by atoms with E-state index in [-0.39, 0.29) is 5.82 Å². The number of aromatic nitrogens is 3. The van der Waals surface area contributed by atoms with E-state index in [9.17, 15) is 4.39 Å². The Morgan fingerprint density at radius 2 is 1.83 bits per heavy atom. The molecule has 4 rings (SSSR count). The molecule has 2 aromatic carbocycles. The Kier molecular flexibility index (Phi) is 3.43. The largest absolute Gasteiger partial charge is 0.277 e. The van der Waals surface area contributed by atoms with Crippen molar-refractivity contribution < 1.29 is 4.39 Å². The van der Waals surface area contributed by atoms with Gasteiger partial charge in [0.2, 0.25) is 0 Å². The monoisotopic (exact) mass is 315 g/mol. The number of nitrogens with zero attached hydrogens (tertiary/aromatic N) is 2. The topological polar surface area (TPSA) is 41.6 Å². The average molecular weight is 315 g/mol. The van der Waals surface area contributed by atoms with Gasteiger partial charge >= 0.3 is 0 Å². The smallest absolute Gasteiger partial charge is 0.123 e. The number of H-pyrrole nitrogens is 1. The van der Waals surface area contributed by atoms with Gasteiger partial charge in [0.25, 0.3) is 0 Å². The van der Waals surface area contributed by atoms with Crippen LogP contribution in [0.1, 0.15) is 11.3 Å². The molecule has 3 nitrogen and oxygen atoms in total. The van der Waals surface area contributed by atoms with Gasteiger partial charge in [-0.15, -0.1) is 0 Å². The maximum absolute atomic E-state index is 13.2. The lowest BCUT2D eigenvalue weighted by atomic mass is 10.00. The van der Waals surface area contributed by atoms with E-state index in [0.29, 0.717) is 0 Å². The summed E-state index contributed by atoms with van der Waals surface area (Å²) in [5.74, 6) is -0.261. The van der Waals surface area contributed by atoms with Gasteiger partial charge in [-0.1, -0.05) is 18.7 Å². The summed E-state index contributed by atoms with van der Waals surface area (Å²) < 4.78 is 13.2. The Balaban J connectivity index is 1.81. The second-order valence-corrected chi connectivity index (χ2v) is 5.53. The van der Waals surface area contributed by atoms with E-state index < -0.39 is 0 Å². The minimum Gasteiger partial charge on any atom is -0.277 e. The molecule has 1 N–H and O–H groups in total. The maximum atomic E-state index is 13.2. The number of aromatic amines is 1. The fourth-order valence-electron chi connectivity index (χ4n) is 2.72. The van der Waals surface area contributed by atoms with Crippen molar-refractivity contribution in [2.24, 2.45) is 0 Å². The molecule has 0 unspecified atom stereocenters. The predicted molar refractivity (Wildman–Crippen MR) is 93.9 cm³/mol.